The summed E-state index contributed by atoms with van der Waals surface area (Å²) in [5, 5.41) is 10.7. The Morgan fingerprint density at radius 2 is 2.38 bits per heavy atom. The lowest BCUT2D eigenvalue weighted by Crippen LogP contribution is -2.22. The van der Waals surface area contributed by atoms with Gasteiger partial charge in [-0.1, -0.05) is 0 Å². The van der Waals surface area contributed by atoms with E-state index in [0.717, 1.165) is 8.26 Å². The molecule has 0 atom stereocenters. The predicted molar refractivity (Wildman–Crippen MR) is 57.7 cm³/mol. The molecule has 0 aliphatic carbocycles. The van der Waals surface area contributed by atoms with Crippen LogP contribution in [0.5, 0.6) is 0 Å². The third-order valence-electron chi connectivity index (χ3n) is 1.20. The van der Waals surface area contributed by atoms with Crippen molar-refractivity contribution in [2.75, 3.05) is 6.54 Å². The van der Waals surface area contributed by atoms with Crippen LogP contribution in [0.1, 0.15) is 9.67 Å². The quantitative estimate of drug-likeness (QED) is 0.850. The fourth-order valence-corrected chi connectivity index (χ4v) is 2.62. The molecule has 0 aromatic carbocycles. The number of carbonyl (C=O) groups is 1. The fourth-order valence-electron chi connectivity index (χ4n) is 0.665. The topological polar surface area (TPSA) is 52.9 Å². The zero-order valence-corrected chi connectivity index (χ0v) is 10.3. The van der Waals surface area contributed by atoms with Gasteiger partial charge < -0.3 is 5.32 Å². The van der Waals surface area contributed by atoms with E-state index in [2.05, 4.69) is 37.2 Å². The van der Waals surface area contributed by atoms with E-state index >= 15 is 0 Å². The van der Waals surface area contributed by atoms with Crippen molar-refractivity contribution in [3.63, 3.8) is 0 Å². The molecule has 1 amide bonds. The summed E-state index contributed by atoms with van der Waals surface area (Å²) in [6.45, 7) is 0.0337. The van der Waals surface area contributed by atoms with Gasteiger partial charge in [-0.25, -0.2) is 0 Å². The van der Waals surface area contributed by atoms with E-state index in [1.807, 2.05) is 6.07 Å². The van der Waals surface area contributed by atoms with Crippen molar-refractivity contribution in [1.82, 2.24) is 5.32 Å². The summed E-state index contributed by atoms with van der Waals surface area (Å²) in [5.74, 6) is -0.224. The standard InChI is InChI=1S/C7H4Br2N2OS/c8-4-3-5(13-6(4)9)7(12)11-2-1-10/h3H,2H2,(H,11,12). The van der Waals surface area contributed by atoms with Crippen LogP contribution in [0, 0.1) is 11.3 Å². The van der Waals surface area contributed by atoms with Gasteiger partial charge in [0.15, 0.2) is 0 Å². The van der Waals surface area contributed by atoms with Crippen LogP contribution in [0.4, 0.5) is 0 Å². The van der Waals surface area contributed by atoms with Crippen LogP contribution >= 0.6 is 43.2 Å². The molecule has 0 fully saturated rings. The SMILES string of the molecule is N#CCNC(=O)c1cc(Br)c(Br)s1. The van der Waals surface area contributed by atoms with E-state index in [-0.39, 0.29) is 12.5 Å². The summed E-state index contributed by atoms with van der Waals surface area (Å²) in [6, 6.07) is 3.55. The Kier molecular flexibility index (Phi) is 3.90. The first-order chi connectivity index (χ1) is 6.15. The predicted octanol–water partition coefficient (Wildman–Crippen LogP) is 2.53. The molecule has 0 saturated carbocycles. The van der Waals surface area contributed by atoms with Crippen LogP contribution < -0.4 is 5.32 Å². The number of carbonyl (C=O) groups excluding carboxylic acids is 1. The molecule has 0 aliphatic heterocycles. The van der Waals surface area contributed by atoms with Crippen LogP contribution in [0.15, 0.2) is 14.3 Å². The molecule has 0 saturated heterocycles. The highest BCUT2D eigenvalue weighted by Gasteiger charge is 2.10. The van der Waals surface area contributed by atoms with Crippen LogP contribution in [0.2, 0.25) is 0 Å². The molecule has 1 heterocycles. The molecule has 1 aromatic rings. The van der Waals surface area contributed by atoms with Gasteiger partial charge in [-0.3, -0.25) is 4.79 Å². The van der Waals surface area contributed by atoms with Crippen LogP contribution in [0.3, 0.4) is 0 Å². The van der Waals surface area contributed by atoms with Gasteiger partial charge in [0.2, 0.25) is 0 Å². The fraction of sp³-hybridized carbons (Fsp3) is 0.143. The monoisotopic (exact) mass is 322 g/mol. The van der Waals surface area contributed by atoms with E-state index in [9.17, 15) is 4.79 Å². The van der Waals surface area contributed by atoms with E-state index in [1.54, 1.807) is 6.07 Å². The molecule has 13 heavy (non-hydrogen) atoms. The maximum atomic E-state index is 11.3. The van der Waals surface area contributed by atoms with Crippen molar-refractivity contribution in [3.8, 4) is 6.07 Å². The smallest absolute Gasteiger partial charge is 0.262 e. The highest BCUT2D eigenvalue weighted by atomic mass is 79.9. The largest absolute Gasteiger partial charge is 0.338 e. The lowest BCUT2D eigenvalue weighted by atomic mass is 10.4. The Morgan fingerprint density at radius 1 is 1.69 bits per heavy atom. The molecular formula is C7H4Br2N2OS. The zero-order chi connectivity index (χ0) is 9.84. The second-order valence-corrected chi connectivity index (χ2v) is 5.30. The van der Waals surface area contributed by atoms with Gasteiger partial charge in [-0.15, -0.1) is 11.3 Å². The molecule has 0 radical (unpaired) electrons. The van der Waals surface area contributed by atoms with Crippen LogP contribution in [0.25, 0.3) is 0 Å². The summed E-state index contributed by atoms with van der Waals surface area (Å²) < 4.78 is 1.72. The molecule has 0 bridgehead atoms. The highest BCUT2D eigenvalue weighted by Crippen LogP contribution is 2.32. The molecule has 0 spiro atoms. The molecule has 6 heteroatoms. The third kappa shape index (κ3) is 2.79. The van der Waals surface area contributed by atoms with Crippen molar-refractivity contribution in [2.45, 2.75) is 0 Å². The maximum absolute atomic E-state index is 11.3. The Morgan fingerprint density at radius 3 is 2.85 bits per heavy atom. The number of thiophene rings is 1. The normalized spacial score (nSPS) is 9.31. The number of rotatable bonds is 2. The van der Waals surface area contributed by atoms with Gasteiger partial charge in [-0.2, -0.15) is 5.26 Å². The van der Waals surface area contributed by atoms with Gasteiger partial charge in [-0.05, 0) is 37.9 Å². The molecule has 1 N–H and O–H groups in total. The van der Waals surface area contributed by atoms with E-state index in [0.29, 0.717) is 4.88 Å². The first kappa shape index (κ1) is 10.7. The van der Waals surface area contributed by atoms with Crippen molar-refractivity contribution in [1.29, 1.82) is 5.26 Å². The van der Waals surface area contributed by atoms with Crippen LogP contribution in [-0.4, -0.2) is 12.5 Å². The van der Waals surface area contributed by atoms with Gasteiger partial charge in [0.1, 0.15) is 6.54 Å². The Hall–Kier alpha value is -0.380. The molecular weight excluding hydrogens is 320 g/mol. The Balaban J connectivity index is 2.73. The molecule has 3 nitrogen and oxygen atoms in total. The van der Waals surface area contributed by atoms with Crippen molar-refractivity contribution in [2.24, 2.45) is 0 Å². The lowest BCUT2D eigenvalue weighted by molar-refractivity contribution is 0.0962. The summed E-state index contributed by atoms with van der Waals surface area (Å²) in [5.41, 5.74) is 0. The van der Waals surface area contributed by atoms with Gasteiger partial charge in [0.25, 0.3) is 5.91 Å². The molecule has 1 aromatic heterocycles. The third-order valence-corrected chi connectivity index (χ3v) is 4.45. The van der Waals surface area contributed by atoms with Crippen molar-refractivity contribution < 1.29 is 4.79 Å². The number of amides is 1. The first-order valence-electron chi connectivity index (χ1n) is 3.25. The van der Waals surface area contributed by atoms with E-state index in [1.165, 1.54) is 11.3 Å². The molecule has 68 valence electrons. The number of nitrogens with one attached hydrogen (secondary N) is 1. The lowest BCUT2D eigenvalue weighted by Gasteiger charge is -1.94. The summed E-state index contributed by atoms with van der Waals surface area (Å²) in [6.07, 6.45) is 0. The van der Waals surface area contributed by atoms with Crippen molar-refractivity contribution in [3.05, 3.63) is 19.2 Å². The van der Waals surface area contributed by atoms with Gasteiger partial charge >= 0.3 is 0 Å². The minimum absolute atomic E-state index is 0.0337. The molecule has 1 rings (SSSR count). The second-order valence-electron chi connectivity index (χ2n) is 2.07. The zero-order valence-electron chi connectivity index (χ0n) is 6.30. The van der Waals surface area contributed by atoms with Crippen molar-refractivity contribution >= 4 is 49.1 Å². The minimum atomic E-state index is -0.224. The Labute approximate surface area is 96.0 Å². The summed E-state index contributed by atoms with van der Waals surface area (Å²) in [7, 11) is 0. The van der Waals surface area contributed by atoms with Crippen LogP contribution in [-0.2, 0) is 0 Å². The number of nitrogens with zero attached hydrogens (tertiary/aromatic N) is 1. The van der Waals surface area contributed by atoms with E-state index < -0.39 is 0 Å². The average molecular weight is 324 g/mol. The number of halogens is 2. The Bertz CT molecular complexity index is 350. The summed E-state index contributed by atoms with van der Waals surface area (Å²) in [4.78, 5) is 11.9. The maximum Gasteiger partial charge on any atom is 0.262 e. The number of nitriles is 1. The number of hydrogen-bond donors (Lipinski definition) is 1. The molecule has 0 unspecified atom stereocenters. The van der Waals surface area contributed by atoms with Gasteiger partial charge in [0.05, 0.1) is 14.7 Å². The van der Waals surface area contributed by atoms with E-state index in [4.69, 9.17) is 5.26 Å². The van der Waals surface area contributed by atoms with Gasteiger partial charge in [0, 0.05) is 4.47 Å². The number of hydrogen-bond acceptors (Lipinski definition) is 3. The second kappa shape index (κ2) is 4.74. The average Bonchev–Trinajstić information content (AvgIpc) is 2.43. The minimum Gasteiger partial charge on any atom is -0.338 e. The molecule has 0 aliphatic rings. The summed E-state index contributed by atoms with van der Waals surface area (Å²) >= 11 is 7.87. The highest BCUT2D eigenvalue weighted by molar-refractivity contribution is 9.13. The first-order valence-corrected chi connectivity index (χ1v) is 5.65.